The highest BCUT2D eigenvalue weighted by atomic mass is 32.1. The van der Waals surface area contributed by atoms with E-state index < -0.39 is 5.82 Å². The smallest absolute Gasteiger partial charge is 0.224 e. The van der Waals surface area contributed by atoms with Crippen LogP contribution in [0.3, 0.4) is 0 Å². The van der Waals surface area contributed by atoms with Crippen molar-refractivity contribution >= 4 is 44.9 Å². The molecule has 0 spiro atoms. The summed E-state index contributed by atoms with van der Waals surface area (Å²) in [6, 6.07) is 9.59. The van der Waals surface area contributed by atoms with Crippen LogP contribution in [0, 0.1) is 16.9 Å². The lowest BCUT2D eigenvalue weighted by Gasteiger charge is -2.09. The van der Waals surface area contributed by atoms with Crippen LogP contribution in [0.25, 0.3) is 55.2 Å². The van der Waals surface area contributed by atoms with Crippen LogP contribution >= 0.6 is 11.3 Å². The molecule has 38 heavy (non-hydrogen) atoms. The number of hydrogen-bond donors (Lipinski definition) is 3. The summed E-state index contributed by atoms with van der Waals surface area (Å²) in [4.78, 5) is 29.4. The number of nitrogens with one attached hydrogen (secondary N) is 3. The third-order valence-corrected chi connectivity index (χ3v) is 6.89. The van der Waals surface area contributed by atoms with Gasteiger partial charge in [0.25, 0.3) is 0 Å². The number of nitrogens with zero attached hydrogens (tertiary/aromatic N) is 4. The maximum Gasteiger partial charge on any atom is 0.224 e. The number of benzene rings is 1. The van der Waals surface area contributed by atoms with Gasteiger partial charge in [-0.25, -0.2) is 9.37 Å². The summed E-state index contributed by atoms with van der Waals surface area (Å²) in [6.45, 7) is 3.92. The minimum absolute atomic E-state index is 0.129. The van der Waals surface area contributed by atoms with E-state index in [1.54, 1.807) is 36.7 Å². The quantitative estimate of drug-likeness (QED) is 0.226. The van der Waals surface area contributed by atoms with E-state index in [0.717, 1.165) is 11.3 Å². The topological polar surface area (TPSA) is 112 Å². The number of thiophene rings is 1. The molecular formula is C27H21F2N7OS. The molecule has 0 radical (unpaired) electrons. The number of rotatable bonds is 6. The van der Waals surface area contributed by atoms with E-state index in [4.69, 9.17) is 4.98 Å². The first-order valence-electron chi connectivity index (χ1n) is 11.9. The van der Waals surface area contributed by atoms with E-state index in [9.17, 15) is 9.18 Å². The predicted molar refractivity (Wildman–Crippen MR) is 144 cm³/mol. The van der Waals surface area contributed by atoms with Gasteiger partial charge in [0.1, 0.15) is 22.7 Å². The van der Waals surface area contributed by atoms with E-state index in [-0.39, 0.29) is 17.0 Å². The summed E-state index contributed by atoms with van der Waals surface area (Å²) in [7, 11) is 0. The molecule has 1 amide bonds. The van der Waals surface area contributed by atoms with Gasteiger partial charge in [0.05, 0.1) is 27.8 Å². The Morgan fingerprint density at radius 2 is 1.95 bits per heavy atom. The Morgan fingerprint density at radius 3 is 2.74 bits per heavy atom. The van der Waals surface area contributed by atoms with Gasteiger partial charge in [0.15, 0.2) is 11.0 Å². The summed E-state index contributed by atoms with van der Waals surface area (Å²) in [5.41, 5.74) is 4.15. The molecule has 6 aromatic rings. The third kappa shape index (κ3) is 4.41. The molecule has 0 saturated carbocycles. The van der Waals surface area contributed by atoms with E-state index in [1.807, 2.05) is 13.8 Å². The summed E-state index contributed by atoms with van der Waals surface area (Å²) in [5, 5.41) is 10.4. The lowest BCUT2D eigenvalue weighted by molar-refractivity contribution is -0.116. The van der Waals surface area contributed by atoms with Gasteiger partial charge in [-0.15, -0.1) is 11.3 Å². The number of amides is 1. The van der Waals surface area contributed by atoms with E-state index in [1.165, 1.54) is 18.3 Å². The normalized spacial score (nSPS) is 11.6. The third-order valence-electron chi connectivity index (χ3n) is 6.01. The van der Waals surface area contributed by atoms with Crippen LogP contribution in [-0.2, 0) is 4.79 Å². The molecule has 190 valence electrons. The number of carbonyl (C=O) groups is 1. The van der Waals surface area contributed by atoms with Crippen molar-refractivity contribution in [3.8, 4) is 33.2 Å². The first kappa shape index (κ1) is 23.9. The van der Waals surface area contributed by atoms with Crippen molar-refractivity contribution in [3.05, 3.63) is 65.9 Å². The molecule has 11 heteroatoms. The van der Waals surface area contributed by atoms with Crippen molar-refractivity contribution in [1.29, 1.82) is 0 Å². The van der Waals surface area contributed by atoms with Crippen molar-refractivity contribution in [1.82, 2.24) is 30.1 Å². The summed E-state index contributed by atoms with van der Waals surface area (Å²) in [5.74, 6) is 0.0806. The maximum atomic E-state index is 15.2. The van der Waals surface area contributed by atoms with E-state index in [2.05, 4.69) is 30.5 Å². The number of H-pyrrole nitrogens is 2. The predicted octanol–water partition coefficient (Wildman–Crippen LogP) is 6.55. The molecule has 0 fully saturated rings. The molecular weight excluding hydrogens is 508 g/mol. The first-order valence-corrected chi connectivity index (χ1v) is 12.7. The van der Waals surface area contributed by atoms with Crippen molar-refractivity contribution in [3.63, 3.8) is 0 Å². The molecule has 0 aliphatic carbocycles. The molecule has 0 unspecified atom stereocenters. The fourth-order valence-corrected chi connectivity index (χ4v) is 5.08. The number of fused-ring (bicyclic) bond motifs is 2. The molecule has 5 aromatic heterocycles. The average Bonchev–Trinajstić information content (AvgIpc) is 3.60. The highest BCUT2D eigenvalue weighted by molar-refractivity contribution is 7.13. The van der Waals surface area contributed by atoms with E-state index in [0.29, 0.717) is 67.3 Å². The van der Waals surface area contributed by atoms with Crippen molar-refractivity contribution in [2.24, 2.45) is 5.92 Å². The van der Waals surface area contributed by atoms with Crippen LogP contribution in [0.15, 0.2) is 55.0 Å². The number of halogens is 2. The molecule has 5 heterocycles. The number of aromatic nitrogens is 6. The maximum absolute atomic E-state index is 15.2. The number of aromatic amines is 2. The number of pyridine rings is 2. The largest absolute Gasteiger partial charge is 0.336 e. The number of anilines is 1. The zero-order chi connectivity index (χ0) is 26.4. The van der Waals surface area contributed by atoms with Crippen LogP contribution in [0.2, 0.25) is 0 Å². The van der Waals surface area contributed by atoms with Crippen LogP contribution in [0.4, 0.5) is 14.5 Å². The number of carbonyl (C=O) groups excluding carboxylic acids is 1. The number of imidazole rings is 1. The van der Waals surface area contributed by atoms with Gasteiger partial charge in [-0.3, -0.25) is 19.9 Å². The molecule has 0 bridgehead atoms. The Bertz CT molecular complexity index is 1820. The fraction of sp³-hybridized carbons (Fsp3) is 0.148. The summed E-state index contributed by atoms with van der Waals surface area (Å²) in [6.07, 6.45) is 5.08. The Labute approximate surface area is 219 Å². The zero-order valence-electron chi connectivity index (χ0n) is 20.3. The van der Waals surface area contributed by atoms with Crippen LogP contribution in [-0.4, -0.2) is 36.0 Å². The molecule has 0 saturated heterocycles. The van der Waals surface area contributed by atoms with Crippen molar-refractivity contribution in [2.45, 2.75) is 20.3 Å². The first-order chi connectivity index (χ1) is 18.4. The van der Waals surface area contributed by atoms with Gasteiger partial charge < -0.3 is 10.3 Å². The summed E-state index contributed by atoms with van der Waals surface area (Å²) >= 11 is 0.995. The second-order valence-electron chi connectivity index (χ2n) is 9.30. The molecule has 8 nitrogen and oxygen atoms in total. The Morgan fingerprint density at radius 1 is 1.08 bits per heavy atom. The van der Waals surface area contributed by atoms with Gasteiger partial charge in [-0.05, 0) is 36.2 Å². The zero-order valence-corrected chi connectivity index (χ0v) is 21.2. The van der Waals surface area contributed by atoms with Crippen molar-refractivity contribution in [2.75, 3.05) is 5.32 Å². The monoisotopic (exact) mass is 529 g/mol. The molecule has 0 atom stereocenters. The van der Waals surface area contributed by atoms with Crippen LogP contribution < -0.4 is 5.32 Å². The Balaban J connectivity index is 1.41. The molecule has 1 aromatic carbocycles. The molecule has 0 aliphatic rings. The minimum Gasteiger partial charge on any atom is -0.336 e. The van der Waals surface area contributed by atoms with Gasteiger partial charge in [-0.2, -0.15) is 9.49 Å². The number of hydrogen-bond acceptors (Lipinski definition) is 6. The average molecular weight is 530 g/mol. The Hall–Kier alpha value is -4.51. The molecule has 3 N–H and O–H groups in total. The second kappa shape index (κ2) is 9.42. The lowest BCUT2D eigenvalue weighted by atomic mass is 10.0. The van der Waals surface area contributed by atoms with E-state index >= 15 is 4.39 Å². The highest BCUT2D eigenvalue weighted by Gasteiger charge is 2.19. The molecule has 6 rings (SSSR count). The molecule has 0 aliphatic heterocycles. The van der Waals surface area contributed by atoms with Gasteiger partial charge in [0, 0.05) is 41.4 Å². The Kier molecular flexibility index (Phi) is 5.91. The highest BCUT2D eigenvalue weighted by Crippen LogP contribution is 2.35. The SMILES string of the molecule is CC(C)CC(=O)Nc1cncc(-c2cc3c(-c4nc5c(-c6ccc(F)s6)nccc5[nH]4)n[nH]c3cc2F)c1. The summed E-state index contributed by atoms with van der Waals surface area (Å²) < 4.78 is 28.8. The van der Waals surface area contributed by atoms with Gasteiger partial charge in [-0.1, -0.05) is 13.8 Å². The second-order valence-corrected chi connectivity index (χ2v) is 10.3. The van der Waals surface area contributed by atoms with Gasteiger partial charge in [0.2, 0.25) is 5.91 Å². The van der Waals surface area contributed by atoms with Crippen LogP contribution in [0.1, 0.15) is 20.3 Å². The van der Waals surface area contributed by atoms with Crippen LogP contribution in [0.5, 0.6) is 0 Å². The standard InChI is InChI=1S/C27H21F2N7OS/c1-13(2)7-23(37)32-15-8-14(11-30-12-15)16-9-17-20(10-18(16)28)35-36-24(17)27-33-19-5-6-31-26(25(19)34-27)21-3-4-22(29)38-21/h3-6,8-13H,7H2,1-2H3,(H,32,37)(H,33,34)(H,35,36). The van der Waals surface area contributed by atoms with Crippen molar-refractivity contribution < 1.29 is 13.6 Å². The van der Waals surface area contributed by atoms with Gasteiger partial charge >= 0.3 is 0 Å². The minimum atomic E-state index is -0.462. The lowest BCUT2D eigenvalue weighted by Crippen LogP contribution is -2.14. The fourth-order valence-electron chi connectivity index (χ4n) is 4.35.